The number of benzene rings is 3. The number of methoxy groups -OCH3 is 1. The van der Waals surface area contributed by atoms with Gasteiger partial charge >= 0.3 is 0 Å². The van der Waals surface area contributed by atoms with Crippen LogP contribution in [0.5, 0.6) is 23.0 Å². The molecule has 0 unspecified atom stereocenters. The Morgan fingerprint density at radius 2 is 1.32 bits per heavy atom. The van der Waals surface area contributed by atoms with E-state index in [0.29, 0.717) is 6.61 Å². The van der Waals surface area contributed by atoms with Gasteiger partial charge in [0.1, 0.15) is 29.6 Å². The van der Waals surface area contributed by atoms with Crippen LogP contribution in [-0.4, -0.2) is 17.3 Å². The molecular weight excluding hydrogens is 352 g/mol. The normalized spacial score (nSPS) is 10.5. The maximum absolute atomic E-state index is 5.90. The molecule has 140 valence electrons. The van der Waals surface area contributed by atoms with Crippen molar-refractivity contribution in [2.45, 2.75) is 6.61 Å². The lowest BCUT2D eigenvalue weighted by Crippen LogP contribution is -1.95. The maximum atomic E-state index is 5.90. The molecule has 4 aromatic rings. The van der Waals surface area contributed by atoms with Gasteiger partial charge in [0.05, 0.1) is 12.8 Å². The lowest BCUT2D eigenvalue weighted by molar-refractivity contribution is 0.305. The number of aromatic amines is 1. The molecule has 4 rings (SSSR count). The van der Waals surface area contributed by atoms with Crippen LogP contribution in [0.3, 0.4) is 0 Å². The average Bonchev–Trinajstić information content (AvgIpc) is 3.29. The molecule has 1 aromatic heterocycles. The summed E-state index contributed by atoms with van der Waals surface area (Å²) in [7, 11) is 1.66. The number of hydrogen-bond donors (Lipinski definition) is 1. The van der Waals surface area contributed by atoms with Gasteiger partial charge in [0.2, 0.25) is 0 Å². The molecule has 3 aromatic carbocycles. The van der Waals surface area contributed by atoms with E-state index in [4.69, 9.17) is 14.2 Å². The van der Waals surface area contributed by atoms with E-state index in [-0.39, 0.29) is 0 Å². The first kappa shape index (κ1) is 17.7. The van der Waals surface area contributed by atoms with E-state index in [1.165, 1.54) is 0 Å². The van der Waals surface area contributed by atoms with Crippen molar-refractivity contribution in [2.24, 2.45) is 0 Å². The highest BCUT2D eigenvalue weighted by molar-refractivity contribution is 5.59. The number of ether oxygens (including phenoxy) is 3. The van der Waals surface area contributed by atoms with Crippen molar-refractivity contribution in [1.29, 1.82) is 0 Å². The molecule has 0 atom stereocenters. The molecule has 0 saturated heterocycles. The van der Waals surface area contributed by atoms with Crippen molar-refractivity contribution in [2.75, 3.05) is 7.11 Å². The Hall–Kier alpha value is -3.73. The van der Waals surface area contributed by atoms with Crippen LogP contribution in [0, 0.1) is 0 Å². The van der Waals surface area contributed by atoms with Crippen LogP contribution in [0.4, 0.5) is 0 Å². The fraction of sp³-hybridized carbons (Fsp3) is 0.0870. The van der Waals surface area contributed by atoms with Crippen molar-refractivity contribution in [3.8, 4) is 34.3 Å². The summed E-state index contributed by atoms with van der Waals surface area (Å²) >= 11 is 0. The van der Waals surface area contributed by atoms with Gasteiger partial charge in [0, 0.05) is 6.20 Å². The first-order valence-corrected chi connectivity index (χ1v) is 8.93. The molecule has 0 aliphatic carbocycles. The number of rotatable bonds is 7. The van der Waals surface area contributed by atoms with Crippen molar-refractivity contribution < 1.29 is 14.2 Å². The molecule has 1 heterocycles. The molecule has 0 amide bonds. The average molecular weight is 372 g/mol. The van der Waals surface area contributed by atoms with E-state index in [2.05, 4.69) is 10.2 Å². The highest BCUT2D eigenvalue weighted by Gasteiger charge is 2.02. The molecule has 5 nitrogen and oxygen atoms in total. The van der Waals surface area contributed by atoms with E-state index in [1.807, 2.05) is 78.9 Å². The Morgan fingerprint density at radius 1 is 0.714 bits per heavy atom. The lowest BCUT2D eigenvalue weighted by atomic mass is 10.1. The summed E-state index contributed by atoms with van der Waals surface area (Å²) in [5, 5.41) is 6.91. The summed E-state index contributed by atoms with van der Waals surface area (Å²) in [6.07, 6.45) is 1.73. The van der Waals surface area contributed by atoms with Gasteiger partial charge in [0.25, 0.3) is 0 Å². The molecule has 5 heteroatoms. The van der Waals surface area contributed by atoms with Gasteiger partial charge in [-0.3, -0.25) is 5.10 Å². The molecule has 0 bridgehead atoms. The standard InChI is InChI=1S/C23H20N2O3/c1-26-19-6-2-17(3-7-19)16-27-20-10-12-22(13-11-20)28-21-8-4-18(5-9-21)23-14-15-24-25-23/h2-15H,16H2,1H3,(H,24,25). The van der Waals surface area contributed by atoms with Gasteiger partial charge in [-0.1, -0.05) is 12.1 Å². The molecule has 0 aliphatic heterocycles. The van der Waals surface area contributed by atoms with Gasteiger partial charge in [-0.25, -0.2) is 0 Å². The molecule has 0 radical (unpaired) electrons. The second-order valence-electron chi connectivity index (χ2n) is 6.20. The molecule has 28 heavy (non-hydrogen) atoms. The highest BCUT2D eigenvalue weighted by atomic mass is 16.5. The molecule has 0 saturated carbocycles. The predicted molar refractivity (Wildman–Crippen MR) is 108 cm³/mol. The Bertz CT molecular complexity index is 993. The predicted octanol–water partition coefficient (Wildman–Crippen LogP) is 5.46. The van der Waals surface area contributed by atoms with Crippen LogP contribution < -0.4 is 14.2 Å². The topological polar surface area (TPSA) is 56.4 Å². The molecule has 0 spiro atoms. The number of nitrogens with zero attached hydrogens (tertiary/aromatic N) is 1. The first-order valence-electron chi connectivity index (χ1n) is 8.93. The SMILES string of the molecule is COc1ccc(COc2ccc(Oc3ccc(-c4ccn[nH]4)cc3)cc2)cc1. The zero-order chi connectivity index (χ0) is 19.2. The number of hydrogen-bond acceptors (Lipinski definition) is 4. The van der Waals surface area contributed by atoms with Crippen LogP contribution in [0.15, 0.2) is 85.1 Å². The quantitative estimate of drug-likeness (QED) is 0.468. The summed E-state index contributed by atoms with van der Waals surface area (Å²) in [4.78, 5) is 0. The van der Waals surface area contributed by atoms with Crippen LogP contribution >= 0.6 is 0 Å². The third kappa shape index (κ3) is 4.32. The Kier molecular flexibility index (Phi) is 5.24. The third-order valence-corrected chi connectivity index (χ3v) is 4.29. The number of H-pyrrole nitrogens is 1. The summed E-state index contributed by atoms with van der Waals surface area (Å²) in [6, 6.07) is 25.2. The fourth-order valence-electron chi connectivity index (χ4n) is 2.75. The van der Waals surface area contributed by atoms with Gasteiger partial charge < -0.3 is 14.2 Å². The minimum Gasteiger partial charge on any atom is -0.497 e. The van der Waals surface area contributed by atoms with E-state index in [0.717, 1.165) is 39.8 Å². The molecular formula is C23H20N2O3. The number of nitrogens with one attached hydrogen (secondary N) is 1. The van der Waals surface area contributed by atoms with Crippen LogP contribution in [0.2, 0.25) is 0 Å². The first-order chi connectivity index (χ1) is 13.8. The Morgan fingerprint density at radius 3 is 1.93 bits per heavy atom. The van der Waals surface area contributed by atoms with Crippen molar-refractivity contribution in [1.82, 2.24) is 10.2 Å². The number of aromatic nitrogens is 2. The Labute approximate surface area is 163 Å². The monoisotopic (exact) mass is 372 g/mol. The van der Waals surface area contributed by atoms with Gasteiger partial charge in [-0.05, 0) is 77.9 Å². The second-order valence-corrected chi connectivity index (χ2v) is 6.20. The second kappa shape index (κ2) is 8.31. The molecule has 0 aliphatic rings. The summed E-state index contributed by atoms with van der Waals surface area (Å²) in [5.74, 6) is 3.15. The van der Waals surface area contributed by atoms with Crippen LogP contribution in [0.25, 0.3) is 11.3 Å². The summed E-state index contributed by atoms with van der Waals surface area (Å²) < 4.78 is 16.9. The minimum absolute atomic E-state index is 0.499. The zero-order valence-corrected chi connectivity index (χ0v) is 15.5. The van der Waals surface area contributed by atoms with E-state index < -0.39 is 0 Å². The lowest BCUT2D eigenvalue weighted by Gasteiger charge is -2.09. The smallest absolute Gasteiger partial charge is 0.127 e. The highest BCUT2D eigenvalue weighted by Crippen LogP contribution is 2.26. The van der Waals surface area contributed by atoms with Gasteiger partial charge in [-0.15, -0.1) is 0 Å². The van der Waals surface area contributed by atoms with Crippen LogP contribution in [0.1, 0.15) is 5.56 Å². The van der Waals surface area contributed by atoms with Crippen molar-refractivity contribution >= 4 is 0 Å². The Balaban J connectivity index is 1.33. The zero-order valence-electron chi connectivity index (χ0n) is 15.5. The molecule has 0 fully saturated rings. The summed E-state index contributed by atoms with van der Waals surface area (Å²) in [6.45, 7) is 0.499. The minimum atomic E-state index is 0.499. The summed E-state index contributed by atoms with van der Waals surface area (Å²) in [5.41, 5.74) is 3.12. The maximum Gasteiger partial charge on any atom is 0.127 e. The third-order valence-electron chi connectivity index (χ3n) is 4.29. The van der Waals surface area contributed by atoms with Gasteiger partial charge in [0.15, 0.2) is 0 Å². The van der Waals surface area contributed by atoms with Gasteiger partial charge in [-0.2, -0.15) is 5.10 Å². The van der Waals surface area contributed by atoms with E-state index in [9.17, 15) is 0 Å². The van der Waals surface area contributed by atoms with E-state index >= 15 is 0 Å². The van der Waals surface area contributed by atoms with Crippen molar-refractivity contribution in [3.05, 3.63) is 90.6 Å². The molecule has 1 N–H and O–H groups in total. The fourth-order valence-corrected chi connectivity index (χ4v) is 2.75. The largest absolute Gasteiger partial charge is 0.497 e. The van der Waals surface area contributed by atoms with E-state index in [1.54, 1.807) is 13.3 Å². The van der Waals surface area contributed by atoms with Crippen molar-refractivity contribution in [3.63, 3.8) is 0 Å². The van der Waals surface area contributed by atoms with Crippen LogP contribution in [-0.2, 0) is 6.61 Å².